The number of anilines is 3. The smallest absolute Gasteiger partial charge is 0.271 e. The van der Waals surface area contributed by atoms with E-state index in [9.17, 15) is 10.1 Å². The molecule has 5 nitrogen and oxygen atoms in total. The maximum absolute atomic E-state index is 10.5. The summed E-state index contributed by atoms with van der Waals surface area (Å²) < 4.78 is 0. The number of nitro groups is 1. The van der Waals surface area contributed by atoms with E-state index >= 15 is 0 Å². The Kier molecular flexibility index (Phi) is 2.74. The van der Waals surface area contributed by atoms with Gasteiger partial charge in [0.2, 0.25) is 0 Å². The molecule has 6 heteroatoms. The molecule has 0 unspecified atom stereocenters. The molecule has 82 valence electrons. The molecule has 0 atom stereocenters. The highest BCUT2D eigenvalue weighted by Gasteiger charge is 2.08. The first-order valence-corrected chi connectivity index (χ1v) is 5.44. The fourth-order valence-electron chi connectivity index (χ4n) is 1.27. The van der Waals surface area contributed by atoms with Gasteiger partial charge < -0.3 is 11.1 Å². The number of thiophene rings is 1. The second-order valence-electron chi connectivity index (χ2n) is 3.17. The third kappa shape index (κ3) is 2.12. The molecule has 2 aromatic rings. The maximum atomic E-state index is 10.5. The molecule has 1 aromatic carbocycles. The predicted molar refractivity (Wildman–Crippen MR) is 65.1 cm³/mol. The summed E-state index contributed by atoms with van der Waals surface area (Å²) >= 11 is 1.56. The van der Waals surface area contributed by atoms with E-state index in [0.717, 1.165) is 5.69 Å². The number of nitro benzene ring substituents is 1. The van der Waals surface area contributed by atoms with Crippen molar-refractivity contribution in [1.29, 1.82) is 0 Å². The van der Waals surface area contributed by atoms with Crippen LogP contribution in [0.15, 0.2) is 35.0 Å². The van der Waals surface area contributed by atoms with Crippen molar-refractivity contribution in [1.82, 2.24) is 0 Å². The van der Waals surface area contributed by atoms with Gasteiger partial charge in [0.1, 0.15) is 0 Å². The van der Waals surface area contributed by atoms with Crippen molar-refractivity contribution < 1.29 is 4.92 Å². The van der Waals surface area contributed by atoms with Gasteiger partial charge in [0.05, 0.1) is 16.3 Å². The van der Waals surface area contributed by atoms with Crippen molar-refractivity contribution in [2.75, 3.05) is 11.1 Å². The Morgan fingerprint density at radius 1 is 1.38 bits per heavy atom. The first kappa shape index (κ1) is 10.4. The molecule has 3 N–H and O–H groups in total. The van der Waals surface area contributed by atoms with Gasteiger partial charge in [-0.15, -0.1) is 0 Å². The summed E-state index contributed by atoms with van der Waals surface area (Å²) in [5, 5.41) is 17.5. The van der Waals surface area contributed by atoms with Crippen LogP contribution in [0.5, 0.6) is 0 Å². The minimum Gasteiger partial charge on any atom is -0.397 e. The highest BCUT2D eigenvalue weighted by Crippen LogP contribution is 2.27. The topological polar surface area (TPSA) is 81.2 Å². The quantitative estimate of drug-likeness (QED) is 0.487. The number of benzene rings is 1. The number of nitrogens with zero attached hydrogens (tertiary/aromatic N) is 1. The molecule has 0 bridgehead atoms. The van der Waals surface area contributed by atoms with Crippen molar-refractivity contribution in [3.63, 3.8) is 0 Å². The highest BCUT2D eigenvalue weighted by atomic mass is 32.1. The minimum absolute atomic E-state index is 0.00614. The molecule has 16 heavy (non-hydrogen) atoms. The Hall–Kier alpha value is -2.08. The summed E-state index contributed by atoms with van der Waals surface area (Å²) in [5.41, 5.74) is 7.66. The van der Waals surface area contributed by atoms with Gasteiger partial charge in [0.25, 0.3) is 5.69 Å². The number of nitrogen functional groups attached to an aromatic ring is 1. The van der Waals surface area contributed by atoms with Crippen LogP contribution in [0.25, 0.3) is 0 Å². The van der Waals surface area contributed by atoms with Crippen LogP contribution in [0.2, 0.25) is 0 Å². The van der Waals surface area contributed by atoms with Gasteiger partial charge in [-0.3, -0.25) is 10.1 Å². The molecule has 2 rings (SSSR count). The number of hydrogen-bond acceptors (Lipinski definition) is 5. The molecule has 0 amide bonds. The average molecular weight is 235 g/mol. The van der Waals surface area contributed by atoms with Gasteiger partial charge in [-0.1, -0.05) is 0 Å². The number of nitrogens with one attached hydrogen (secondary N) is 1. The monoisotopic (exact) mass is 235 g/mol. The van der Waals surface area contributed by atoms with Crippen LogP contribution in [0.4, 0.5) is 22.7 Å². The van der Waals surface area contributed by atoms with Gasteiger partial charge in [-0.2, -0.15) is 11.3 Å². The molecule has 0 aliphatic heterocycles. The van der Waals surface area contributed by atoms with E-state index in [0.29, 0.717) is 11.4 Å². The summed E-state index contributed by atoms with van der Waals surface area (Å²) in [4.78, 5) is 10.0. The fourth-order valence-corrected chi connectivity index (χ4v) is 1.86. The van der Waals surface area contributed by atoms with Crippen molar-refractivity contribution in [3.05, 3.63) is 45.1 Å². The fraction of sp³-hybridized carbons (Fsp3) is 0. The molecule has 0 fully saturated rings. The zero-order valence-electron chi connectivity index (χ0n) is 8.21. The second kappa shape index (κ2) is 4.19. The van der Waals surface area contributed by atoms with E-state index in [2.05, 4.69) is 5.32 Å². The SMILES string of the molecule is Nc1cc([N+](=O)[O-])ccc1Nc1ccsc1. The van der Waals surface area contributed by atoms with Gasteiger partial charge in [0.15, 0.2) is 0 Å². The van der Waals surface area contributed by atoms with Crippen molar-refractivity contribution in [2.24, 2.45) is 0 Å². The van der Waals surface area contributed by atoms with Gasteiger partial charge in [-0.25, -0.2) is 0 Å². The standard InChI is InChI=1S/C10H9N3O2S/c11-9-5-8(13(14)15)1-2-10(9)12-7-3-4-16-6-7/h1-6,12H,11H2. The molecule has 0 saturated carbocycles. The lowest BCUT2D eigenvalue weighted by molar-refractivity contribution is -0.384. The van der Waals surface area contributed by atoms with E-state index in [-0.39, 0.29) is 5.69 Å². The molecule has 0 aliphatic carbocycles. The third-order valence-electron chi connectivity index (χ3n) is 2.05. The summed E-state index contributed by atoms with van der Waals surface area (Å²) in [5.74, 6) is 0. The molecular weight excluding hydrogens is 226 g/mol. The molecule has 1 aromatic heterocycles. The van der Waals surface area contributed by atoms with E-state index < -0.39 is 4.92 Å². The van der Waals surface area contributed by atoms with Crippen LogP contribution >= 0.6 is 11.3 Å². The van der Waals surface area contributed by atoms with Crippen LogP contribution in [-0.2, 0) is 0 Å². The average Bonchev–Trinajstić information content (AvgIpc) is 2.73. The maximum Gasteiger partial charge on any atom is 0.271 e. The first-order chi connectivity index (χ1) is 7.66. The highest BCUT2D eigenvalue weighted by molar-refractivity contribution is 7.08. The summed E-state index contributed by atoms with van der Waals surface area (Å²) in [6, 6.07) is 6.27. The summed E-state index contributed by atoms with van der Waals surface area (Å²) in [7, 11) is 0. The van der Waals surface area contributed by atoms with E-state index in [1.165, 1.54) is 12.1 Å². The largest absolute Gasteiger partial charge is 0.397 e. The lowest BCUT2D eigenvalue weighted by atomic mass is 10.2. The molecule has 1 heterocycles. The van der Waals surface area contributed by atoms with E-state index in [1.807, 2.05) is 16.8 Å². The van der Waals surface area contributed by atoms with Crippen molar-refractivity contribution in [2.45, 2.75) is 0 Å². The predicted octanol–water partition coefficient (Wildman–Crippen LogP) is 2.98. The minimum atomic E-state index is -0.468. The Labute approximate surface area is 95.7 Å². The Balaban J connectivity index is 2.26. The zero-order chi connectivity index (χ0) is 11.5. The molecule has 0 spiro atoms. The van der Waals surface area contributed by atoms with Gasteiger partial charge >= 0.3 is 0 Å². The van der Waals surface area contributed by atoms with Crippen LogP contribution < -0.4 is 11.1 Å². The summed E-state index contributed by atoms with van der Waals surface area (Å²) in [6.07, 6.45) is 0. The molecule has 0 saturated heterocycles. The molecular formula is C10H9N3O2S. The third-order valence-corrected chi connectivity index (χ3v) is 2.73. The first-order valence-electron chi connectivity index (χ1n) is 4.50. The second-order valence-corrected chi connectivity index (χ2v) is 3.95. The van der Waals surface area contributed by atoms with Gasteiger partial charge in [-0.05, 0) is 17.5 Å². The lowest BCUT2D eigenvalue weighted by Gasteiger charge is -2.06. The zero-order valence-corrected chi connectivity index (χ0v) is 9.03. The molecule has 0 radical (unpaired) electrons. The Bertz CT molecular complexity index is 511. The Morgan fingerprint density at radius 2 is 2.19 bits per heavy atom. The number of non-ortho nitro benzene ring substituents is 1. The number of rotatable bonds is 3. The van der Waals surface area contributed by atoms with E-state index in [4.69, 9.17) is 5.73 Å². The van der Waals surface area contributed by atoms with Crippen LogP contribution in [0.1, 0.15) is 0 Å². The van der Waals surface area contributed by atoms with Crippen molar-refractivity contribution in [3.8, 4) is 0 Å². The van der Waals surface area contributed by atoms with Crippen LogP contribution in [-0.4, -0.2) is 4.92 Å². The van der Waals surface area contributed by atoms with Crippen LogP contribution in [0, 0.1) is 10.1 Å². The number of nitrogens with two attached hydrogens (primary N) is 1. The Morgan fingerprint density at radius 3 is 2.75 bits per heavy atom. The lowest BCUT2D eigenvalue weighted by Crippen LogP contribution is -1.97. The number of hydrogen-bond donors (Lipinski definition) is 2. The van der Waals surface area contributed by atoms with Crippen LogP contribution in [0.3, 0.4) is 0 Å². The van der Waals surface area contributed by atoms with Crippen molar-refractivity contribution >= 4 is 34.1 Å². The molecule has 0 aliphatic rings. The van der Waals surface area contributed by atoms with E-state index in [1.54, 1.807) is 17.4 Å². The van der Waals surface area contributed by atoms with Gasteiger partial charge in [0, 0.05) is 23.2 Å². The normalized spacial score (nSPS) is 10.0. The summed E-state index contributed by atoms with van der Waals surface area (Å²) in [6.45, 7) is 0.